The molecule has 0 spiro atoms. The van der Waals surface area contributed by atoms with Gasteiger partial charge in [-0.05, 0) is 19.9 Å². The first-order valence-electron chi connectivity index (χ1n) is 6.49. The van der Waals surface area contributed by atoms with E-state index in [-0.39, 0.29) is 19.1 Å². The summed E-state index contributed by atoms with van der Waals surface area (Å²) < 4.78 is 6.92. The fourth-order valence-corrected chi connectivity index (χ4v) is 2.33. The van der Waals surface area contributed by atoms with Gasteiger partial charge in [0.25, 0.3) is 0 Å². The summed E-state index contributed by atoms with van der Waals surface area (Å²) in [6.07, 6.45) is 2.53. The second-order valence-electron chi connectivity index (χ2n) is 5.49. The zero-order chi connectivity index (χ0) is 14.8. The molecule has 2 rings (SSSR count). The van der Waals surface area contributed by atoms with Gasteiger partial charge in [-0.25, -0.2) is 9.78 Å². The van der Waals surface area contributed by atoms with E-state index in [0.29, 0.717) is 13.1 Å². The predicted octanol–water partition coefficient (Wildman–Crippen LogP) is -0.758. The number of rotatable bonds is 3. The maximum absolute atomic E-state index is 12.3. The molecule has 1 N–H and O–H groups in total. The van der Waals surface area contributed by atoms with Gasteiger partial charge >= 0.3 is 5.69 Å². The van der Waals surface area contributed by atoms with E-state index in [1.54, 1.807) is 11.0 Å². The largest absolute Gasteiger partial charge is 0.394 e. The van der Waals surface area contributed by atoms with Gasteiger partial charge in [0.05, 0.1) is 18.3 Å². The van der Waals surface area contributed by atoms with E-state index in [1.807, 2.05) is 13.8 Å². The van der Waals surface area contributed by atoms with Crippen molar-refractivity contribution in [3.8, 4) is 0 Å². The molecule has 0 bridgehead atoms. The predicted molar refractivity (Wildman–Crippen MR) is 71.1 cm³/mol. The Morgan fingerprint density at radius 3 is 3.00 bits per heavy atom. The van der Waals surface area contributed by atoms with E-state index in [1.165, 1.54) is 17.0 Å². The zero-order valence-electron chi connectivity index (χ0n) is 11.7. The van der Waals surface area contributed by atoms with E-state index >= 15 is 0 Å². The maximum atomic E-state index is 12.3. The van der Waals surface area contributed by atoms with Crippen LogP contribution in [-0.2, 0) is 16.1 Å². The van der Waals surface area contributed by atoms with Gasteiger partial charge in [-0.15, -0.1) is 0 Å². The Bertz CT molecular complexity index is 540. The molecule has 1 unspecified atom stereocenters. The smallest absolute Gasteiger partial charge is 0.347 e. The normalized spacial score (nSPS) is 21.8. The summed E-state index contributed by atoms with van der Waals surface area (Å²) in [5.74, 6) is -0.185. The zero-order valence-corrected chi connectivity index (χ0v) is 11.7. The van der Waals surface area contributed by atoms with Gasteiger partial charge in [0.1, 0.15) is 6.54 Å². The number of amides is 1. The van der Waals surface area contributed by atoms with Gasteiger partial charge in [-0.1, -0.05) is 0 Å². The molecule has 1 aliphatic heterocycles. The number of aliphatic hydroxyl groups is 1. The second kappa shape index (κ2) is 5.72. The molecule has 110 valence electrons. The molecular formula is C13H19N3O4. The van der Waals surface area contributed by atoms with Gasteiger partial charge in [-0.2, -0.15) is 0 Å². The highest BCUT2D eigenvalue weighted by Crippen LogP contribution is 2.21. The van der Waals surface area contributed by atoms with Gasteiger partial charge < -0.3 is 14.7 Å². The third kappa shape index (κ3) is 3.43. The lowest BCUT2D eigenvalue weighted by atomic mass is 10.1. The van der Waals surface area contributed by atoms with Crippen LogP contribution in [0.1, 0.15) is 13.8 Å². The number of hydrogen-bond acceptors (Lipinski definition) is 5. The minimum Gasteiger partial charge on any atom is -0.394 e. The Morgan fingerprint density at radius 2 is 2.35 bits per heavy atom. The highest BCUT2D eigenvalue weighted by molar-refractivity contribution is 5.76. The van der Waals surface area contributed by atoms with Crippen LogP contribution in [0, 0.1) is 0 Å². The average Bonchev–Trinajstić information content (AvgIpc) is 2.39. The average molecular weight is 281 g/mol. The van der Waals surface area contributed by atoms with Crippen molar-refractivity contribution in [2.24, 2.45) is 0 Å². The standard InChI is InChI=1S/C13H19N3O4/c1-13(2)9-16(6-10(8-17)20-13)11(18)7-15-5-3-4-14-12(15)19/h3-5,10,17H,6-9H2,1-2H3. The molecule has 1 aromatic rings. The summed E-state index contributed by atoms with van der Waals surface area (Å²) in [6.45, 7) is 4.29. The molecule has 20 heavy (non-hydrogen) atoms. The van der Waals surface area contributed by atoms with Gasteiger partial charge in [0, 0.05) is 25.5 Å². The summed E-state index contributed by atoms with van der Waals surface area (Å²) in [7, 11) is 0. The van der Waals surface area contributed by atoms with Crippen molar-refractivity contribution in [2.45, 2.75) is 32.1 Å². The van der Waals surface area contributed by atoms with Crippen LogP contribution in [0.2, 0.25) is 0 Å². The maximum Gasteiger partial charge on any atom is 0.347 e. The lowest BCUT2D eigenvalue weighted by Crippen LogP contribution is -2.56. The first kappa shape index (κ1) is 14.7. The van der Waals surface area contributed by atoms with Crippen molar-refractivity contribution in [2.75, 3.05) is 19.7 Å². The van der Waals surface area contributed by atoms with Crippen LogP contribution < -0.4 is 5.69 Å². The first-order chi connectivity index (χ1) is 9.41. The van der Waals surface area contributed by atoms with Crippen molar-refractivity contribution in [1.29, 1.82) is 0 Å². The molecule has 1 fully saturated rings. The van der Waals surface area contributed by atoms with Crippen molar-refractivity contribution in [1.82, 2.24) is 14.5 Å². The number of hydrogen-bond donors (Lipinski definition) is 1. The Labute approximate surface area is 116 Å². The topological polar surface area (TPSA) is 84.7 Å². The van der Waals surface area contributed by atoms with Crippen molar-refractivity contribution in [3.63, 3.8) is 0 Å². The van der Waals surface area contributed by atoms with Crippen LogP contribution in [0.3, 0.4) is 0 Å². The number of ether oxygens (including phenoxy) is 1. The molecule has 7 nitrogen and oxygen atoms in total. The molecule has 2 heterocycles. The Morgan fingerprint density at radius 1 is 1.60 bits per heavy atom. The van der Waals surface area contributed by atoms with Crippen molar-refractivity contribution >= 4 is 5.91 Å². The minimum atomic E-state index is -0.513. The lowest BCUT2D eigenvalue weighted by Gasteiger charge is -2.42. The third-order valence-electron chi connectivity index (χ3n) is 3.13. The third-order valence-corrected chi connectivity index (χ3v) is 3.13. The summed E-state index contributed by atoms with van der Waals surface area (Å²) in [4.78, 5) is 29.0. The number of aromatic nitrogens is 2. The van der Waals surface area contributed by atoms with Gasteiger partial charge in [0.2, 0.25) is 5.91 Å². The lowest BCUT2D eigenvalue weighted by molar-refractivity contribution is -0.167. The fourth-order valence-electron chi connectivity index (χ4n) is 2.33. The molecule has 1 amide bonds. The highest BCUT2D eigenvalue weighted by atomic mass is 16.5. The van der Waals surface area contributed by atoms with Crippen molar-refractivity contribution < 1.29 is 14.6 Å². The molecule has 0 radical (unpaired) electrons. The van der Waals surface area contributed by atoms with Crippen LogP contribution in [0.4, 0.5) is 0 Å². The number of aliphatic hydroxyl groups excluding tert-OH is 1. The number of morpholine rings is 1. The molecule has 0 aromatic carbocycles. The summed E-state index contributed by atoms with van der Waals surface area (Å²) in [6, 6.07) is 1.61. The minimum absolute atomic E-state index is 0.0547. The summed E-state index contributed by atoms with van der Waals surface area (Å²) in [5.41, 5.74) is -0.964. The molecule has 1 aliphatic rings. The number of carbonyl (C=O) groups excluding carboxylic acids is 1. The van der Waals surface area contributed by atoms with Crippen LogP contribution in [0.25, 0.3) is 0 Å². The van der Waals surface area contributed by atoms with Crippen LogP contribution in [0.5, 0.6) is 0 Å². The molecular weight excluding hydrogens is 262 g/mol. The quantitative estimate of drug-likeness (QED) is 0.787. The van der Waals surface area contributed by atoms with Crippen LogP contribution in [0.15, 0.2) is 23.3 Å². The first-order valence-corrected chi connectivity index (χ1v) is 6.49. The molecule has 0 saturated carbocycles. The molecule has 1 saturated heterocycles. The van der Waals surface area contributed by atoms with E-state index in [0.717, 1.165) is 0 Å². The van der Waals surface area contributed by atoms with E-state index in [9.17, 15) is 14.7 Å². The monoisotopic (exact) mass is 281 g/mol. The second-order valence-corrected chi connectivity index (χ2v) is 5.49. The number of carbonyl (C=O) groups is 1. The SMILES string of the molecule is CC1(C)CN(C(=O)Cn2cccnc2=O)CC(CO)O1. The highest BCUT2D eigenvalue weighted by Gasteiger charge is 2.35. The Kier molecular flexibility index (Phi) is 4.20. The molecule has 0 aliphatic carbocycles. The van der Waals surface area contributed by atoms with E-state index in [2.05, 4.69) is 4.98 Å². The van der Waals surface area contributed by atoms with Gasteiger partial charge in [0.15, 0.2) is 0 Å². The molecule has 1 aromatic heterocycles. The Hall–Kier alpha value is -1.73. The van der Waals surface area contributed by atoms with Crippen molar-refractivity contribution in [3.05, 3.63) is 28.9 Å². The van der Waals surface area contributed by atoms with E-state index < -0.39 is 17.4 Å². The Balaban J connectivity index is 2.09. The number of nitrogens with zero attached hydrogens (tertiary/aromatic N) is 3. The fraction of sp³-hybridized carbons (Fsp3) is 0.615. The van der Waals surface area contributed by atoms with Crippen LogP contribution in [-0.4, -0.2) is 56.9 Å². The molecule has 7 heteroatoms. The molecule has 1 atom stereocenters. The van der Waals surface area contributed by atoms with Crippen LogP contribution >= 0.6 is 0 Å². The van der Waals surface area contributed by atoms with E-state index in [4.69, 9.17) is 4.74 Å². The summed E-state index contributed by atoms with van der Waals surface area (Å²) in [5, 5.41) is 9.23. The summed E-state index contributed by atoms with van der Waals surface area (Å²) >= 11 is 0. The van der Waals surface area contributed by atoms with Gasteiger partial charge in [-0.3, -0.25) is 9.36 Å².